The molecule has 0 aliphatic heterocycles. The molecule has 0 spiro atoms. The Hall–Kier alpha value is -2.54. The average molecular weight is 313 g/mol. The van der Waals surface area contributed by atoms with E-state index < -0.39 is 5.82 Å². The van der Waals surface area contributed by atoms with Crippen LogP contribution in [-0.2, 0) is 6.42 Å². The molecule has 0 N–H and O–H groups in total. The van der Waals surface area contributed by atoms with Gasteiger partial charge in [-0.05, 0) is 35.7 Å². The van der Waals surface area contributed by atoms with Crippen LogP contribution in [0.25, 0.3) is 0 Å². The SMILES string of the molecule is CCc1cc(C(C#N)CCOc2ccccc2F)ccc1OC. The van der Waals surface area contributed by atoms with Crippen molar-refractivity contribution in [1.29, 1.82) is 5.26 Å². The van der Waals surface area contributed by atoms with E-state index in [-0.39, 0.29) is 18.3 Å². The summed E-state index contributed by atoms with van der Waals surface area (Å²) in [5.41, 5.74) is 2.00. The van der Waals surface area contributed by atoms with Gasteiger partial charge in [0.15, 0.2) is 11.6 Å². The molecule has 23 heavy (non-hydrogen) atoms. The van der Waals surface area contributed by atoms with Gasteiger partial charge in [-0.1, -0.05) is 31.2 Å². The molecule has 1 unspecified atom stereocenters. The minimum Gasteiger partial charge on any atom is -0.496 e. The molecular formula is C19H20FNO2. The number of ether oxygens (including phenoxy) is 2. The number of aryl methyl sites for hydroxylation is 1. The van der Waals surface area contributed by atoms with Crippen LogP contribution in [0.3, 0.4) is 0 Å². The Bertz CT molecular complexity index is 694. The van der Waals surface area contributed by atoms with Gasteiger partial charge >= 0.3 is 0 Å². The van der Waals surface area contributed by atoms with Crippen LogP contribution in [0.1, 0.15) is 30.4 Å². The van der Waals surface area contributed by atoms with E-state index >= 15 is 0 Å². The van der Waals surface area contributed by atoms with Crippen molar-refractivity contribution in [3.8, 4) is 17.6 Å². The molecule has 120 valence electrons. The fourth-order valence-electron chi connectivity index (χ4n) is 2.45. The van der Waals surface area contributed by atoms with Gasteiger partial charge in [-0.2, -0.15) is 5.26 Å². The fourth-order valence-corrected chi connectivity index (χ4v) is 2.45. The summed E-state index contributed by atoms with van der Waals surface area (Å²) in [6, 6.07) is 14.3. The van der Waals surface area contributed by atoms with E-state index in [1.54, 1.807) is 25.3 Å². The van der Waals surface area contributed by atoms with Gasteiger partial charge in [-0.25, -0.2) is 4.39 Å². The summed E-state index contributed by atoms with van der Waals surface area (Å²) < 4.78 is 24.2. The smallest absolute Gasteiger partial charge is 0.165 e. The van der Waals surface area contributed by atoms with Gasteiger partial charge in [0, 0.05) is 6.42 Å². The Kier molecular flexibility index (Phi) is 5.99. The standard InChI is InChI=1S/C19H20FNO2/c1-3-14-12-15(8-9-18(14)22-2)16(13-21)10-11-23-19-7-5-4-6-17(19)20/h4-9,12,16H,3,10-11H2,1-2H3. The van der Waals surface area contributed by atoms with Crippen molar-refractivity contribution in [3.63, 3.8) is 0 Å². The molecule has 0 bridgehead atoms. The van der Waals surface area contributed by atoms with Crippen LogP contribution in [0.2, 0.25) is 0 Å². The Morgan fingerprint density at radius 3 is 2.61 bits per heavy atom. The van der Waals surface area contributed by atoms with Crippen molar-refractivity contribution >= 4 is 0 Å². The normalized spacial score (nSPS) is 11.6. The average Bonchev–Trinajstić information content (AvgIpc) is 2.59. The number of rotatable bonds is 7. The molecule has 0 aromatic heterocycles. The van der Waals surface area contributed by atoms with E-state index in [1.165, 1.54) is 6.07 Å². The minimum absolute atomic E-state index is 0.216. The first kappa shape index (κ1) is 16.8. The molecule has 0 saturated heterocycles. The third-order valence-electron chi connectivity index (χ3n) is 3.74. The second kappa shape index (κ2) is 8.19. The number of nitriles is 1. The van der Waals surface area contributed by atoms with E-state index in [0.29, 0.717) is 6.42 Å². The van der Waals surface area contributed by atoms with E-state index in [4.69, 9.17) is 9.47 Å². The van der Waals surface area contributed by atoms with Crippen LogP contribution in [0.15, 0.2) is 42.5 Å². The van der Waals surface area contributed by atoms with Gasteiger partial charge in [-0.15, -0.1) is 0 Å². The molecule has 0 radical (unpaired) electrons. The molecule has 0 aliphatic rings. The molecule has 0 amide bonds. The van der Waals surface area contributed by atoms with Crippen molar-refractivity contribution in [2.24, 2.45) is 0 Å². The van der Waals surface area contributed by atoms with Crippen molar-refractivity contribution < 1.29 is 13.9 Å². The quantitative estimate of drug-likeness (QED) is 0.757. The van der Waals surface area contributed by atoms with Gasteiger partial charge in [0.2, 0.25) is 0 Å². The third kappa shape index (κ3) is 4.23. The molecule has 2 aromatic carbocycles. The summed E-state index contributed by atoms with van der Waals surface area (Å²) in [5, 5.41) is 9.41. The molecule has 0 heterocycles. The van der Waals surface area contributed by atoms with Crippen LogP contribution >= 0.6 is 0 Å². The van der Waals surface area contributed by atoms with Gasteiger partial charge in [0.05, 0.1) is 25.7 Å². The zero-order valence-corrected chi connectivity index (χ0v) is 13.4. The summed E-state index contributed by atoms with van der Waals surface area (Å²) in [7, 11) is 1.64. The zero-order chi connectivity index (χ0) is 16.7. The van der Waals surface area contributed by atoms with Crippen molar-refractivity contribution in [1.82, 2.24) is 0 Å². The van der Waals surface area contributed by atoms with E-state index in [2.05, 4.69) is 6.07 Å². The highest BCUT2D eigenvalue weighted by atomic mass is 19.1. The monoisotopic (exact) mass is 313 g/mol. The molecule has 0 aliphatic carbocycles. The number of hydrogen-bond acceptors (Lipinski definition) is 3. The Morgan fingerprint density at radius 2 is 1.96 bits per heavy atom. The Balaban J connectivity index is 2.03. The highest BCUT2D eigenvalue weighted by molar-refractivity contribution is 5.40. The summed E-state index contributed by atoms with van der Waals surface area (Å²) in [6.45, 7) is 2.33. The van der Waals surface area contributed by atoms with Crippen LogP contribution in [-0.4, -0.2) is 13.7 Å². The fraction of sp³-hybridized carbons (Fsp3) is 0.316. The Labute approximate surface area is 136 Å². The highest BCUT2D eigenvalue weighted by Crippen LogP contribution is 2.27. The van der Waals surface area contributed by atoms with Crippen LogP contribution in [0.5, 0.6) is 11.5 Å². The topological polar surface area (TPSA) is 42.2 Å². The van der Waals surface area contributed by atoms with Crippen molar-refractivity contribution in [2.75, 3.05) is 13.7 Å². The number of methoxy groups -OCH3 is 1. The lowest BCUT2D eigenvalue weighted by Gasteiger charge is -2.14. The number of benzene rings is 2. The molecule has 2 rings (SSSR count). The van der Waals surface area contributed by atoms with Crippen molar-refractivity contribution in [3.05, 3.63) is 59.4 Å². The number of hydrogen-bond donors (Lipinski definition) is 0. The molecule has 0 fully saturated rings. The lowest BCUT2D eigenvalue weighted by molar-refractivity contribution is 0.291. The summed E-state index contributed by atoms with van der Waals surface area (Å²) in [4.78, 5) is 0. The second-order valence-corrected chi connectivity index (χ2v) is 5.17. The predicted octanol–water partition coefficient (Wildman–Crippen LogP) is 4.47. The predicted molar refractivity (Wildman–Crippen MR) is 87.2 cm³/mol. The summed E-state index contributed by atoms with van der Waals surface area (Å²) in [6.07, 6.45) is 1.33. The maximum absolute atomic E-state index is 13.5. The molecular weight excluding hydrogens is 293 g/mol. The van der Waals surface area contributed by atoms with Crippen molar-refractivity contribution in [2.45, 2.75) is 25.7 Å². The number of para-hydroxylation sites is 1. The number of nitrogens with zero attached hydrogens (tertiary/aromatic N) is 1. The highest BCUT2D eigenvalue weighted by Gasteiger charge is 2.14. The molecule has 1 atom stereocenters. The summed E-state index contributed by atoms with van der Waals surface area (Å²) >= 11 is 0. The summed E-state index contributed by atoms with van der Waals surface area (Å²) in [5.74, 6) is 0.361. The van der Waals surface area contributed by atoms with Crippen LogP contribution in [0.4, 0.5) is 4.39 Å². The first-order valence-corrected chi connectivity index (χ1v) is 7.63. The molecule has 0 saturated carbocycles. The van der Waals surface area contributed by atoms with E-state index in [0.717, 1.165) is 23.3 Å². The zero-order valence-electron chi connectivity index (χ0n) is 13.4. The van der Waals surface area contributed by atoms with E-state index in [9.17, 15) is 9.65 Å². The molecule has 4 heteroatoms. The maximum Gasteiger partial charge on any atom is 0.165 e. The third-order valence-corrected chi connectivity index (χ3v) is 3.74. The Morgan fingerprint density at radius 1 is 1.17 bits per heavy atom. The van der Waals surface area contributed by atoms with Gasteiger partial charge in [0.25, 0.3) is 0 Å². The van der Waals surface area contributed by atoms with Gasteiger partial charge in [0.1, 0.15) is 5.75 Å². The van der Waals surface area contributed by atoms with Crippen LogP contribution < -0.4 is 9.47 Å². The first-order chi connectivity index (χ1) is 11.2. The minimum atomic E-state index is -0.390. The lowest BCUT2D eigenvalue weighted by atomic mass is 9.95. The van der Waals surface area contributed by atoms with Gasteiger partial charge in [-0.3, -0.25) is 0 Å². The second-order valence-electron chi connectivity index (χ2n) is 5.17. The first-order valence-electron chi connectivity index (χ1n) is 7.63. The lowest BCUT2D eigenvalue weighted by Crippen LogP contribution is -2.06. The largest absolute Gasteiger partial charge is 0.496 e. The molecule has 3 nitrogen and oxygen atoms in total. The van der Waals surface area contributed by atoms with Crippen LogP contribution in [0, 0.1) is 17.1 Å². The number of halogens is 1. The molecule has 2 aromatic rings. The van der Waals surface area contributed by atoms with E-state index in [1.807, 2.05) is 25.1 Å². The van der Waals surface area contributed by atoms with Gasteiger partial charge < -0.3 is 9.47 Å². The maximum atomic E-state index is 13.5.